The summed E-state index contributed by atoms with van der Waals surface area (Å²) in [6.07, 6.45) is 0. The predicted molar refractivity (Wildman–Crippen MR) is 45.5 cm³/mol. The SMILES string of the molecule is NC(CO)(CO)CO.OCNCO. The molecule has 0 atom stereocenters. The molecule has 0 radical (unpaired) electrons. The lowest BCUT2D eigenvalue weighted by Crippen LogP contribution is -2.50. The van der Waals surface area contributed by atoms with E-state index in [2.05, 4.69) is 5.32 Å². The van der Waals surface area contributed by atoms with Gasteiger partial charge in [0.05, 0.1) is 38.8 Å². The highest BCUT2D eigenvalue weighted by Gasteiger charge is 2.20. The third-order valence-electron chi connectivity index (χ3n) is 1.17. The lowest BCUT2D eigenvalue weighted by atomic mass is 10.1. The Morgan fingerprint density at radius 2 is 1.15 bits per heavy atom. The van der Waals surface area contributed by atoms with Crippen molar-refractivity contribution in [3.63, 3.8) is 0 Å². The Balaban J connectivity index is 0. The largest absolute Gasteiger partial charge is 0.394 e. The molecule has 0 aromatic rings. The van der Waals surface area contributed by atoms with E-state index in [1.54, 1.807) is 0 Å². The van der Waals surface area contributed by atoms with Gasteiger partial charge >= 0.3 is 0 Å². The van der Waals surface area contributed by atoms with Gasteiger partial charge in [-0.25, -0.2) is 0 Å². The molecular formula is C6H18N2O5. The first kappa shape index (κ1) is 15.2. The molecule has 82 valence electrons. The normalized spacial score (nSPS) is 10.6. The van der Waals surface area contributed by atoms with Crippen molar-refractivity contribution < 1.29 is 25.5 Å². The number of nitrogens with one attached hydrogen (secondary N) is 1. The standard InChI is InChI=1S/C4H11NO3.C2H7NO2/c5-4(1-6,2-7)3-8;4-1-3-2-5/h6-8H,1-3,5H2;3-5H,1-2H2. The molecule has 0 aliphatic rings. The zero-order valence-electron chi connectivity index (χ0n) is 7.35. The van der Waals surface area contributed by atoms with Crippen molar-refractivity contribution in [2.75, 3.05) is 33.3 Å². The summed E-state index contributed by atoms with van der Waals surface area (Å²) in [5.74, 6) is 0. The molecule has 0 amide bonds. The Bertz CT molecular complexity index is 88.8. The van der Waals surface area contributed by atoms with Gasteiger partial charge in [0.15, 0.2) is 0 Å². The molecule has 0 aromatic heterocycles. The summed E-state index contributed by atoms with van der Waals surface area (Å²) < 4.78 is 0. The van der Waals surface area contributed by atoms with Crippen LogP contribution in [-0.4, -0.2) is 64.4 Å². The molecule has 0 saturated heterocycles. The first-order chi connectivity index (χ1) is 6.10. The highest BCUT2D eigenvalue weighted by Crippen LogP contribution is 1.93. The van der Waals surface area contributed by atoms with Gasteiger partial charge in [0.1, 0.15) is 0 Å². The van der Waals surface area contributed by atoms with Gasteiger partial charge in [0.25, 0.3) is 0 Å². The molecule has 7 heteroatoms. The maximum absolute atomic E-state index is 8.34. The van der Waals surface area contributed by atoms with Gasteiger partial charge in [-0.05, 0) is 0 Å². The van der Waals surface area contributed by atoms with E-state index in [1.165, 1.54) is 0 Å². The van der Waals surface area contributed by atoms with Crippen molar-refractivity contribution in [3.05, 3.63) is 0 Å². The van der Waals surface area contributed by atoms with Gasteiger partial charge in [-0.1, -0.05) is 0 Å². The second-order valence-electron chi connectivity index (χ2n) is 2.40. The minimum absolute atomic E-state index is 0.156. The van der Waals surface area contributed by atoms with E-state index < -0.39 is 25.4 Å². The molecule has 0 saturated carbocycles. The third kappa shape index (κ3) is 9.64. The van der Waals surface area contributed by atoms with Crippen LogP contribution < -0.4 is 11.1 Å². The Morgan fingerprint density at radius 1 is 0.846 bits per heavy atom. The number of hydrogen-bond donors (Lipinski definition) is 7. The molecule has 7 nitrogen and oxygen atoms in total. The summed E-state index contributed by atoms with van der Waals surface area (Å²) in [6, 6.07) is 0. The molecule has 8 N–H and O–H groups in total. The van der Waals surface area contributed by atoms with Crippen LogP contribution in [0.2, 0.25) is 0 Å². The molecule has 0 aliphatic carbocycles. The van der Waals surface area contributed by atoms with E-state index >= 15 is 0 Å². The number of aliphatic hydroxyl groups excluding tert-OH is 5. The fraction of sp³-hybridized carbons (Fsp3) is 1.00. The van der Waals surface area contributed by atoms with Crippen LogP contribution in [0.3, 0.4) is 0 Å². The fourth-order valence-electron chi connectivity index (χ4n) is 0.200. The molecule has 0 aliphatic heterocycles. The third-order valence-corrected chi connectivity index (χ3v) is 1.17. The minimum Gasteiger partial charge on any atom is -0.394 e. The average molecular weight is 198 g/mol. The highest BCUT2D eigenvalue weighted by atomic mass is 16.3. The second kappa shape index (κ2) is 9.81. The van der Waals surface area contributed by atoms with Crippen LogP contribution in [0.1, 0.15) is 0 Å². The quantitative estimate of drug-likeness (QED) is 0.224. The van der Waals surface area contributed by atoms with Crippen LogP contribution >= 0.6 is 0 Å². The van der Waals surface area contributed by atoms with Gasteiger partial charge in [0, 0.05) is 0 Å². The van der Waals surface area contributed by atoms with Gasteiger partial charge in [-0.15, -0.1) is 0 Å². The summed E-state index contributed by atoms with van der Waals surface area (Å²) in [5, 5.41) is 42.8. The Morgan fingerprint density at radius 3 is 1.15 bits per heavy atom. The fourth-order valence-corrected chi connectivity index (χ4v) is 0.200. The topological polar surface area (TPSA) is 139 Å². The summed E-state index contributed by atoms with van der Waals surface area (Å²) in [6.45, 7) is -1.52. The first-order valence-electron chi connectivity index (χ1n) is 3.64. The Labute approximate surface area is 76.4 Å². The molecule has 0 unspecified atom stereocenters. The number of nitrogens with two attached hydrogens (primary N) is 1. The maximum atomic E-state index is 8.34. The molecule has 0 aromatic carbocycles. The van der Waals surface area contributed by atoms with E-state index in [9.17, 15) is 0 Å². The maximum Gasteiger partial charge on any atom is 0.0948 e. The number of hydrogen-bond acceptors (Lipinski definition) is 7. The van der Waals surface area contributed by atoms with Gasteiger partial charge in [-0.2, -0.15) is 0 Å². The molecule has 0 fully saturated rings. The van der Waals surface area contributed by atoms with Crippen molar-refractivity contribution >= 4 is 0 Å². The van der Waals surface area contributed by atoms with Gasteiger partial charge < -0.3 is 31.3 Å². The van der Waals surface area contributed by atoms with E-state index in [4.69, 9.17) is 31.3 Å². The number of aliphatic hydroxyl groups is 5. The monoisotopic (exact) mass is 198 g/mol. The molecule has 0 rings (SSSR count). The summed E-state index contributed by atoms with van der Waals surface area (Å²) in [4.78, 5) is 0. The summed E-state index contributed by atoms with van der Waals surface area (Å²) >= 11 is 0. The van der Waals surface area contributed by atoms with Crippen molar-refractivity contribution in [2.24, 2.45) is 5.73 Å². The Kier molecular flexibility index (Phi) is 11.5. The van der Waals surface area contributed by atoms with E-state index in [0.717, 1.165) is 0 Å². The average Bonchev–Trinajstić information content (AvgIpc) is 2.19. The zero-order valence-corrected chi connectivity index (χ0v) is 7.35. The minimum atomic E-state index is -1.21. The zero-order chi connectivity index (χ0) is 10.7. The van der Waals surface area contributed by atoms with E-state index in [-0.39, 0.29) is 13.5 Å². The highest BCUT2D eigenvalue weighted by molar-refractivity contribution is 4.80. The van der Waals surface area contributed by atoms with Crippen molar-refractivity contribution in [1.82, 2.24) is 5.32 Å². The molecule has 0 spiro atoms. The lowest BCUT2D eigenvalue weighted by Gasteiger charge is -2.20. The molecule has 0 bridgehead atoms. The van der Waals surface area contributed by atoms with Crippen LogP contribution in [0.4, 0.5) is 0 Å². The summed E-state index contributed by atoms with van der Waals surface area (Å²) in [7, 11) is 0. The van der Waals surface area contributed by atoms with Crippen molar-refractivity contribution in [3.8, 4) is 0 Å². The predicted octanol–water partition coefficient (Wildman–Crippen LogP) is -3.86. The van der Waals surface area contributed by atoms with Crippen molar-refractivity contribution in [1.29, 1.82) is 0 Å². The summed E-state index contributed by atoms with van der Waals surface area (Å²) in [5.41, 5.74) is 3.94. The van der Waals surface area contributed by atoms with Crippen molar-refractivity contribution in [2.45, 2.75) is 5.54 Å². The van der Waals surface area contributed by atoms with Crippen LogP contribution in [0.15, 0.2) is 0 Å². The van der Waals surface area contributed by atoms with Crippen LogP contribution in [0.5, 0.6) is 0 Å². The molecular weight excluding hydrogens is 180 g/mol. The van der Waals surface area contributed by atoms with Crippen LogP contribution in [-0.2, 0) is 0 Å². The Hall–Kier alpha value is -0.280. The first-order valence-corrected chi connectivity index (χ1v) is 3.64. The smallest absolute Gasteiger partial charge is 0.0948 e. The van der Waals surface area contributed by atoms with Gasteiger partial charge in [-0.3, -0.25) is 5.32 Å². The lowest BCUT2D eigenvalue weighted by molar-refractivity contribution is 0.0697. The van der Waals surface area contributed by atoms with E-state index in [1.807, 2.05) is 0 Å². The molecule has 0 heterocycles. The van der Waals surface area contributed by atoms with E-state index in [0.29, 0.717) is 0 Å². The van der Waals surface area contributed by atoms with Crippen LogP contribution in [0, 0.1) is 0 Å². The van der Waals surface area contributed by atoms with Gasteiger partial charge in [0.2, 0.25) is 0 Å². The number of rotatable bonds is 5. The second-order valence-corrected chi connectivity index (χ2v) is 2.40. The molecule has 13 heavy (non-hydrogen) atoms. The van der Waals surface area contributed by atoms with Crippen LogP contribution in [0.25, 0.3) is 0 Å².